The molecule has 1 atom stereocenters. The standard InChI is InChI=1S/C35H46ClN4O2.Tl/c36-28-12-14-30(15-13-28)42-26-33-35(34(41)25-38-22-16-29(17-23-38)39-19-4-1-5-20-39)31-10-2-3-11-32(31)40(33)21-7-9-27-8-6-18-37-24-27;/h2-3,10-15,27,29H,1,4-9,16-26H2;/q-1;+1. The third-order valence-corrected chi connectivity index (χ3v) is 12.0. The number of aryl methyl sites for hydroxylation is 1. The third-order valence-electron chi connectivity index (χ3n) is 9.92. The van der Waals surface area contributed by atoms with E-state index in [0.29, 0.717) is 24.2 Å². The summed E-state index contributed by atoms with van der Waals surface area (Å²) in [5, 5.41) is 1.76. The van der Waals surface area contributed by atoms with Gasteiger partial charge in [-0.25, -0.2) is 0 Å². The van der Waals surface area contributed by atoms with Gasteiger partial charge in [-0.1, -0.05) is 18.0 Å². The topological polar surface area (TPSA) is 41.0 Å². The average molecular weight is 795 g/mol. The Hall–Kier alpha value is -1.46. The average Bonchev–Trinajstić information content (AvgIpc) is 3.35. The Labute approximate surface area is 278 Å². The molecule has 3 fully saturated rings. The molecule has 0 spiro atoms. The van der Waals surface area contributed by atoms with Gasteiger partial charge in [-0.3, -0.25) is 0 Å². The second-order valence-corrected chi connectivity index (χ2v) is 16.2. The van der Waals surface area contributed by atoms with Gasteiger partial charge in [0.1, 0.15) is 0 Å². The number of ether oxygens (including phenoxy) is 1. The van der Waals surface area contributed by atoms with Gasteiger partial charge in [0.2, 0.25) is 0 Å². The van der Waals surface area contributed by atoms with E-state index in [-0.39, 0.29) is 5.78 Å². The van der Waals surface area contributed by atoms with Crippen LogP contribution in [0.15, 0.2) is 48.5 Å². The van der Waals surface area contributed by atoms with Crippen LogP contribution in [-0.2, 0) is 13.2 Å². The second kappa shape index (κ2) is 15.2. The van der Waals surface area contributed by atoms with Crippen molar-refractivity contribution in [2.45, 2.75) is 77.0 Å². The third kappa shape index (κ3) is 8.04. The summed E-state index contributed by atoms with van der Waals surface area (Å²) in [6, 6.07) is 16.7. The Morgan fingerprint density at radius 3 is 2.44 bits per heavy atom. The number of nitrogens with zero attached hydrogens (tertiary/aromatic N) is 4. The number of hydrogen-bond acceptors (Lipinski definition) is 5. The summed E-state index contributed by atoms with van der Waals surface area (Å²) in [5.74, 6) is 1.79. The SMILES string of the molecule is O=C(CN1CCC(N2CCCCC2)CC1)c1c(COc2ccc(Cl)cc2)n(CCCC2CCC[N]([Tl])C2)c2ccccc12. The van der Waals surface area contributed by atoms with Crippen molar-refractivity contribution in [2.75, 3.05) is 45.8 Å². The van der Waals surface area contributed by atoms with E-state index in [1.165, 1.54) is 77.5 Å². The van der Waals surface area contributed by atoms with Crippen molar-refractivity contribution < 1.29 is 9.53 Å². The molecule has 0 bridgehead atoms. The molecule has 228 valence electrons. The van der Waals surface area contributed by atoms with Gasteiger partial charge in [0.15, 0.2) is 0 Å². The summed E-state index contributed by atoms with van der Waals surface area (Å²) in [6.45, 7) is 8.82. The van der Waals surface area contributed by atoms with E-state index >= 15 is 0 Å². The number of fused-ring (bicyclic) bond motifs is 1. The molecule has 1 aromatic heterocycles. The van der Waals surface area contributed by atoms with Gasteiger partial charge in [0.05, 0.1) is 0 Å². The van der Waals surface area contributed by atoms with Crippen LogP contribution in [0.4, 0.5) is 0 Å². The molecule has 3 aliphatic heterocycles. The Morgan fingerprint density at radius 2 is 1.67 bits per heavy atom. The zero-order valence-corrected chi connectivity index (χ0v) is 30.8. The van der Waals surface area contributed by atoms with E-state index in [4.69, 9.17) is 16.3 Å². The molecule has 0 amide bonds. The summed E-state index contributed by atoms with van der Waals surface area (Å²) in [5.41, 5.74) is 3.02. The molecular weight excluding hydrogens is 748 g/mol. The molecule has 3 aromatic rings. The number of carbonyl (C=O) groups is 1. The molecule has 0 saturated carbocycles. The second-order valence-electron chi connectivity index (χ2n) is 12.9. The Bertz CT molecular complexity index is 1350. The predicted octanol–water partition coefficient (Wildman–Crippen LogP) is 6.58. The van der Waals surface area contributed by atoms with Crippen molar-refractivity contribution in [3.05, 3.63) is 64.8 Å². The fourth-order valence-electron chi connectivity index (χ4n) is 7.63. The van der Waals surface area contributed by atoms with Crippen molar-refractivity contribution in [3.8, 4) is 5.75 Å². The number of aromatic nitrogens is 1. The Morgan fingerprint density at radius 1 is 0.907 bits per heavy atom. The van der Waals surface area contributed by atoms with Gasteiger partial charge in [-0.05, 0) is 50.9 Å². The van der Waals surface area contributed by atoms with Crippen LogP contribution < -0.4 is 4.74 Å². The number of piperidine rings is 3. The van der Waals surface area contributed by atoms with Crippen LogP contribution in [0.1, 0.15) is 73.8 Å². The van der Waals surface area contributed by atoms with Crippen molar-refractivity contribution >= 4 is 54.4 Å². The minimum absolute atomic E-state index is 0.223. The summed E-state index contributed by atoms with van der Waals surface area (Å²) >= 11 is 7.08. The van der Waals surface area contributed by atoms with Crippen LogP contribution in [0.5, 0.6) is 5.75 Å². The molecule has 8 heteroatoms. The van der Waals surface area contributed by atoms with Gasteiger partial charge < -0.3 is 4.90 Å². The van der Waals surface area contributed by atoms with Crippen LogP contribution in [0.3, 0.4) is 0 Å². The molecule has 4 heterocycles. The minimum atomic E-state index is 0.223. The maximum absolute atomic E-state index is 14.2. The molecule has 0 aliphatic carbocycles. The number of likely N-dealkylation sites (tertiary alicyclic amines) is 2. The first-order chi connectivity index (χ1) is 21.0. The number of benzene rings is 2. The number of carbonyl (C=O) groups excluding carboxylic acids is 1. The molecule has 6 nitrogen and oxygen atoms in total. The first-order valence-corrected chi connectivity index (χ1v) is 18.9. The summed E-state index contributed by atoms with van der Waals surface area (Å²) in [7, 11) is 0. The number of rotatable bonds is 11. The van der Waals surface area contributed by atoms with Crippen molar-refractivity contribution in [3.63, 3.8) is 0 Å². The molecule has 0 N–H and O–H groups in total. The quantitative estimate of drug-likeness (QED) is 0.162. The monoisotopic (exact) mass is 794 g/mol. The van der Waals surface area contributed by atoms with E-state index in [9.17, 15) is 4.79 Å². The number of ketones is 1. The van der Waals surface area contributed by atoms with Crippen molar-refractivity contribution in [2.24, 2.45) is 5.92 Å². The molecule has 2 aromatic carbocycles. The molecule has 0 radical (unpaired) electrons. The zero-order chi connectivity index (χ0) is 29.6. The fourth-order valence-corrected chi connectivity index (χ4v) is 9.63. The Kier molecular flexibility index (Phi) is 11.2. The van der Waals surface area contributed by atoms with E-state index in [0.717, 1.165) is 85.9 Å². The van der Waals surface area contributed by atoms with E-state index in [2.05, 4.69) is 41.3 Å². The molecule has 3 saturated heterocycles. The van der Waals surface area contributed by atoms with Crippen LogP contribution >= 0.6 is 11.6 Å². The molecule has 6 rings (SSSR count). The normalized spacial score (nSPS) is 21.3. The van der Waals surface area contributed by atoms with Crippen LogP contribution in [0.25, 0.3) is 10.9 Å². The van der Waals surface area contributed by atoms with Gasteiger partial charge >= 0.3 is 182 Å². The van der Waals surface area contributed by atoms with Crippen LogP contribution in [0.2, 0.25) is 5.02 Å². The van der Waals surface area contributed by atoms with E-state index < -0.39 is 0 Å². The first kappa shape index (κ1) is 31.5. The fraction of sp³-hybridized carbons (Fsp3) is 0.571. The molecule has 43 heavy (non-hydrogen) atoms. The number of para-hydroxylation sites is 1. The summed E-state index contributed by atoms with van der Waals surface area (Å²) < 4.78 is 11.4. The van der Waals surface area contributed by atoms with E-state index in [1.54, 1.807) is 0 Å². The maximum atomic E-state index is 14.2. The first-order valence-electron chi connectivity index (χ1n) is 16.5. The van der Waals surface area contributed by atoms with E-state index in [1.807, 2.05) is 24.3 Å². The van der Waals surface area contributed by atoms with Gasteiger partial charge in [-0.2, -0.15) is 0 Å². The van der Waals surface area contributed by atoms with Gasteiger partial charge in [0.25, 0.3) is 0 Å². The number of Topliss-reactive ketones (excluding diaryl/α,β-unsaturated/α-hetero) is 1. The van der Waals surface area contributed by atoms with Gasteiger partial charge in [0, 0.05) is 24.2 Å². The summed E-state index contributed by atoms with van der Waals surface area (Å²) in [4.78, 5) is 19.3. The van der Waals surface area contributed by atoms with Crippen molar-refractivity contribution in [1.82, 2.24) is 17.1 Å². The predicted molar refractivity (Wildman–Crippen MR) is 176 cm³/mol. The Balaban J connectivity index is 1.21. The summed E-state index contributed by atoms with van der Waals surface area (Å²) in [6.07, 6.45) is 11.4. The van der Waals surface area contributed by atoms with Crippen LogP contribution in [-0.4, -0.2) is 101 Å². The van der Waals surface area contributed by atoms with Crippen molar-refractivity contribution in [1.29, 1.82) is 0 Å². The van der Waals surface area contributed by atoms with Crippen LogP contribution in [0, 0.1) is 5.92 Å². The van der Waals surface area contributed by atoms with Gasteiger partial charge in [-0.15, -0.1) is 0 Å². The molecule has 3 aliphatic rings. The zero-order valence-electron chi connectivity index (χ0n) is 25.6. The number of halogens is 1. The molecule has 1 unspecified atom stereocenters. The molecular formula is C35H46ClN4O2Tl. The number of hydrogen-bond donors (Lipinski definition) is 0.